The van der Waals surface area contributed by atoms with Crippen molar-refractivity contribution in [2.75, 3.05) is 17.2 Å². The average molecular weight is 335 g/mol. The van der Waals surface area contributed by atoms with E-state index in [4.69, 9.17) is 10.7 Å². The summed E-state index contributed by atoms with van der Waals surface area (Å²) in [6, 6.07) is 10.2. The third kappa shape index (κ3) is 3.40. The second kappa shape index (κ2) is 7.47. The van der Waals surface area contributed by atoms with Gasteiger partial charge in [-0.3, -0.25) is 4.98 Å². The molecule has 0 aliphatic heterocycles. The van der Waals surface area contributed by atoms with Crippen molar-refractivity contribution in [2.24, 2.45) is 0 Å². The van der Waals surface area contributed by atoms with Crippen LogP contribution in [0.15, 0.2) is 36.5 Å². The Hall–Kier alpha value is -2.69. The fourth-order valence-corrected chi connectivity index (χ4v) is 3.16. The number of nitrogen functional groups attached to an aromatic ring is 1. The molecule has 0 saturated heterocycles. The molecule has 5 heteroatoms. The zero-order chi connectivity index (χ0) is 17.8. The lowest BCUT2D eigenvalue weighted by Gasteiger charge is -2.23. The summed E-state index contributed by atoms with van der Waals surface area (Å²) in [5.41, 5.74) is 10.4. The maximum Gasteiger partial charge on any atom is 0.232 e. The molecule has 0 spiro atoms. The molecule has 0 amide bonds. The summed E-state index contributed by atoms with van der Waals surface area (Å²) < 4.78 is 0. The first-order chi connectivity index (χ1) is 12.2. The van der Waals surface area contributed by atoms with Crippen LogP contribution >= 0.6 is 0 Å². The van der Waals surface area contributed by atoms with Crippen molar-refractivity contribution in [3.05, 3.63) is 47.8 Å². The van der Waals surface area contributed by atoms with Gasteiger partial charge in [0, 0.05) is 29.4 Å². The van der Waals surface area contributed by atoms with Crippen LogP contribution in [0.1, 0.15) is 38.4 Å². The molecule has 2 heterocycles. The standard InChI is InChI=1S/C20H25N5/c1-4-8-18-16(5-2)19(21)24-20(23-18)25(6-3)15-10-11-17-14(13-15)9-7-12-22-17/h7,9-13H,4-6,8H2,1-3H3,(H2,21,23,24). The Labute approximate surface area is 148 Å². The highest BCUT2D eigenvalue weighted by atomic mass is 15.3. The van der Waals surface area contributed by atoms with E-state index < -0.39 is 0 Å². The van der Waals surface area contributed by atoms with Crippen LogP contribution < -0.4 is 10.6 Å². The fraction of sp³-hybridized carbons (Fsp3) is 0.350. The number of benzene rings is 1. The van der Waals surface area contributed by atoms with Crippen molar-refractivity contribution < 1.29 is 0 Å². The Bertz CT molecular complexity index is 875. The third-order valence-corrected chi connectivity index (χ3v) is 4.41. The number of aromatic nitrogens is 3. The first-order valence-electron chi connectivity index (χ1n) is 8.95. The first-order valence-corrected chi connectivity index (χ1v) is 8.95. The van der Waals surface area contributed by atoms with Gasteiger partial charge in [-0.25, -0.2) is 4.98 Å². The summed E-state index contributed by atoms with van der Waals surface area (Å²) in [4.78, 5) is 15.9. The van der Waals surface area contributed by atoms with Crippen LogP contribution in [0.2, 0.25) is 0 Å². The van der Waals surface area contributed by atoms with E-state index in [0.717, 1.165) is 53.7 Å². The van der Waals surface area contributed by atoms with E-state index in [-0.39, 0.29) is 0 Å². The van der Waals surface area contributed by atoms with Gasteiger partial charge in [-0.1, -0.05) is 26.3 Å². The summed E-state index contributed by atoms with van der Waals surface area (Å²) in [5.74, 6) is 1.26. The molecular weight excluding hydrogens is 310 g/mol. The minimum Gasteiger partial charge on any atom is -0.383 e. The fourth-order valence-electron chi connectivity index (χ4n) is 3.16. The Morgan fingerprint density at radius 3 is 2.64 bits per heavy atom. The minimum atomic E-state index is 0.594. The van der Waals surface area contributed by atoms with E-state index in [1.165, 1.54) is 0 Å². The number of anilines is 3. The monoisotopic (exact) mass is 335 g/mol. The highest BCUT2D eigenvalue weighted by Gasteiger charge is 2.16. The van der Waals surface area contributed by atoms with E-state index in [9.17, 15) is 0 Å². The molecule has 0 bridgehead atoms. The molecule has 5 nitrogen and oxygen atoms in total. The Balaban J connectivity index is 2.07. The summed E-state index contributed by atoms with van der Waals surface area (Å²) in [5, 5.41) is 1.10. The highest BCUT2D eigenvalue weighted by Crippen LogP contribution is 2.28. The van der Waals surface area contributed by atoms with Gasteiger partial charge in [0.05, 0.1) is 11.2 Å². The van der Waals surface area contributed by atoms with Gasteiger partial charge < -0.3 is 10.6 Å². The van der Waals surface area contributed by atoms with Gasteiger partial charge in [0.15, 0.2) is 0 Å². The average Bonchev–Trinajstić information content (AvgIpc) is 2.62. The zero-order valence-electron chi connectivity index (χ0n) is 15.2. The first kappa shape index (κ1) is 17.1. The van der Waals surface area contributed by atoms with E-state index >= 15 is 0 Å². The van der Waals surface area contributed by atoms with Crippen LogP contribution in [0.5, 0.6) is 0 Å². The Morgan fingerprint density at radius 2 is 1.92 bits per heavy atom. The second-order valence-electron chi connectivity index (χ2n) is 6.06. The Kier molecular flexibility index (Phi) is 5.12. The van der Waals surface area contributed by atoms with E-state index in [1.54, 1.807) is 0 Å². The zero-order valence-corrected chi connectivity index (χ0v) is 15.2. The maximum atomic E-state index is 6.24. The van der Waals surface area contributed by atoms with Gasteiger partial charge in [0.1, 0.15) is 5.82 Å². The molecular formula is C20H25N5. The summed E-state index contributed by atoms with van der Waals surface area (Å²) >= 11 is 0. The van der Waals surface area contributed by atoms with Crippen LogP contribution in [0, 0.1) is 0 Å². The molecule has 0 aliphatic carbocycles. The molecule has 1 aromatic carbocycles. The van der Waals surface area contributed by atoms with Gasteiger partial charge >= 0.3 is 0 Å². The predicted molar refractivity (Wildman–Crippen MR) is 104 cm³/mol. The van der Waals surface area contributed by atoms with Crippen molar-refractivity contribution in [3.63, 3.8) is 0 Å². The summed E-state index contributed by atoms with van der Waals surface area (Å²) in [6.07, 6.45) is 4.62. The normalized spacial score (nSPS) is 11.0. The molecule has 0 aliphatic rings. The van der Waals surface area contributed by atoms with Crippen LogP contribution in [-0.2, 0) is 12.8 Å². The van der Waals surface area contributed by atoms with E-state index in [0.29, 0.717) is 11.8 Å². The van der Waals surface area contributed by atoms with Gasteiger partial charge in [-0.15, -0.1) is 0 Å². The van der Waals surface area contributed by atoms with Gasteiger partial charge in [-0.05, 0) is 44.0 Å². The number of rotatable bonds is 6. The number of pyridine rings is 1. The topological polar surface area (TPSA) is 67.9 Å². The van der Waals surface area contributed by atoms with Crippen LogP contribution in [0.25, 0.3) is 10.9 Å². The van der Waals surface area contributed by atoms with Crippen molar-refractivity contribution in [1.29, 1.82) is 0 Å². The molecule has 3 aromatic rings. The van der Waals surface area contributed by atoms with E-state index in [1.807, 2.05) is 18.3 Å². The molecule has 2 aromatic heterocycles. The van der Waals surface area contributed by atoms with Crippen molar-refractivity contribution in [1.82, 2.24) is 15.0 Å². The SMILES string of the molecule is CCCc1nc(N(CC)c2ccc3ncccc3c2)nc(N)c1CC. The molecule has 3 rings (SSSR count). The molecule has 2 N–H and O–H groups in total. The lowest BCUT2D eigenvalue weighted by molar-refractivity contribution is 0.832. The van der Waals surface area contributed by atoms with Crippen molar-refractivity contribution in [3.8, 4) is 0 Å². The maximum absolute atomic E-state index is 6.24. The number of nitrogens with two attached hydrogens (primary N) is 1. The molecule has 130 valence electrons. The second-order valence-corrected chi connectivity index (χ2v) is 6.06. The molecule has 0 saturated carbocycles. The lowest BCUT2D eigenvalue weighted by atomic mass is 10.1. The third-order valence-electron chi connectivity index (χ3n) is 4.41. The van der Waals surface area contributed by atoms with Gasteiger partial charge in [0.25, 0.3) is 0 Å². The van der Waals surface area contributed by atoms with Crippen molar-refractivity contribution in [2.45, 2.75) is 40.0 Å². The quantitative estimate of drug-likeness (QED) is 0.728. The number of nitrogens with zero attached hydrogens (tertiary/aromatic N) is 4. The van der Waals surface area contributed by atoms with Crippen LogP contribution in [-0.4, -0.2) is 21.5 Å². The molecule has 0 unspecified atom stereocenters. The minimum absolute atomic E-state index is 0.594. The molecule has 0 atom stereocenters. The molecule has 0 radical (unpaired) electrons. The van der Waals surface area contributed by atoms with Gasteiger partial charge in [-0.2, -0.15) is 4.98 Å². The smallest absolute Gasteiger partial charge is 0.232 e. The lowest BCUT2D eigenvalue weighted by Crippen LogP contribution is -2.21. The summed E-state index contributed by atoms with van der Waals surface area (Å²) in [7, 11) is 0. The Morgan fingerprint density at radius 1 is 1.08 bits per heavy atom. The van der Waals surface area contributed by atoms with Crippen molar-refractivity contribution >= 4 is 28.4 Å². The van der Waals surface area contributed by atoms with Gasteiger partial charge in [0.2, 0.25) is 5.95 Å². The predicted octanol–water partition coefficient (Wildman–Crippen LogP) is 4.28. The van der Waals surface area contributed by atoms with Crippen LogP contribution in [0.4, 0.5) is 17.5 Å². The number of hydrogen-bond acceptors (Lipinski definition) is 5. The molecule has 25 heavy (non-hydrogen) atoms. The number of hydrogen-bond donors (Lipinski definition) is 1. The largest absolute Gasteiger partial charge is 0.383 e. The van der Waals surface area contributed by atoms with E-state index in [2.05, 4.69) is 53.8 Å². The number of fused-ring (bicyclic) bond motifs is 1. The van der Waals surface area contributed by atoms with Crippen LogP contribution in [0.3, 0.4) is 0 Å². The highest BCUT2D eigenvalue weighted by molar-refractivity contribution is 5.83. The number of aryl methyl sites for hydroxylation is 1. The summed E-state index contributed by atoms with van der Waals surface area (Å²) in [6.45, 7) is 7.12. The molecule has 0 fully saturated rings.